The van der Waals surface area contributed by atoms with Crippen LogP contribution in [0.4, 0.5) is 5.69 Å². The van der Waals surface area contributed by atoms with Crippen molar-refractivity contribution in [2.75, 3.05) is 13.1 Å². The predicted octanol–water partition coefficient (Wildman–Crippen LogP) is 0.324. The molecule has 7 heteroatoms. The smallest absolute Gasteiger partial charge is 0.269 e. The van der Waals surface area contributed by atoms with Gasteiger partial charge in [-0.2, -0.15) is 5.26 Å². The zero-order chi connectivity index (χ0) is 13.4. The molecule has 1 rings (SSSR count). The lowest BCUT2D eigenvalue weighted by molar-refractivity contribution is -0.384. The van der Waals surface area contributed by atoms with Crippen molar-refractivity contribution in [1.29, 1.82) is 5.26 Å². The Balaban J connectivity index is 2.34. The summed E-state index contributed by atoms with van der Waals surface area (Å²) in [4.78, 5) is 21.1. The number of benzene rings is 1. The third-order valence-electron chi connectivity index (χ3n) is 2.13. The number of hydrogen-bond acceptors (Lipinski definition) is 5. The molecule has 0 aliphatic heterocycles. The fraction of sp³-hybridized carbons (Fsp3) is 0.273. The number of rotatable bonds is 6. The van der Waals surface area contributed by atoms with Crippen molar-refractivity contribution in [1.82, 2.24) is 10.6 Å². The van der Waals surface area contributed by atoms with Crippen LogP contribution in [0, 0.1) is 21.4 Å². The molecule has 7 nitrogen and oxygen atoms in total. The second kappa shape index (κ2) is 6.98. The van der Waals surface area contributed by atoms with Gasteiger partial charge in [0.2, 0.25) is 5.91 Å². The first-order valence-electron chi connectivity index (χ1n) is 5.21. The maximum Gasteiger partial charge on any atom is 0.269 e. The van der Waals surface area contributed by atoms with E-state index in [4.69, 9.17) is 5.26 Å². The Morgan fingerprint density at radius 3 is 2.61 bits per heavy atom. The first-order valence-corrected chi connectivity index (χ1v) is 5.21. The molecule has 0 saturated heterocycles. The first kappa shape index (κ1) is 13.6. The molecule has 0 heterocycles. The SMILES string of the molecule is N#CCNC(=O)CNCc1ccc([N+](=O)[O-])cc1. The third-order valence-corrected chi connectivity index (χ3v) is 2.13. The maximum absolute atomic E-state index is 11.1. The predicted molar refractivity (Wildman–Crippen MR) is 63.4 cm³/mol. The molecule has 1 aromatic carbocycles. The molecule has 0 aromatic heterocycles. The number of hydrogen-bond donors (Lipinski definition) is 2. The van der Waals surface area contributed by atoms with Crippen molar-refractivity contribution in [2.45, 2.75) is 6.54 Å². The van der Waals surface area contributed by atoms with E-state index in [0.717, 1.165) is 5.56 Å². The van der Waals surface area contributed by atoms with Crippen molar-refractivity contribution in [3.63, 3.8) is 0 Å². The van der Waals surface area contributed by atoms with Gasteiger partial charge < -0.3 is 10.6 Å². The zero-order valence-corrected chi connectivity index (χ0v) is 9.55. The Hall–Kier alpha value is -2.46. The molecular formula is C11H12N4O3. The van der Waals surface area contributed by atoms with E-state index in [1.165, 1.54) is 12.1 Å². The van der Waals surface area contributed by atoms with Gasteiger partial charge in [0.05, 0.1) is 17.5 Å². The number of nitro groups is 1. The van der Waals surface area contributed by atoms with Crippen LogP contribution in [-0.2, 0) is 11.3 Å². The molecule has 1 amide bonds. The Morgan fingerprint density at radius 1 is 1.39 bits per heavy atom. The fourth-order valence-corrected chi connectivity index (χ4v) is 1.26. The summed E-state index contributed by atoms with van der Waals surface area (Å²) in [7, 11) is 0. The molecule has 0 spiro atoms. The summed E-state index contributed by atoms with van der Waals surface area (Å²) in [6.07, 6.45) is 0. The quantitative estimate of drug-likeness (QED) is 0.428. The summed E-state index contributed by atoms with van der Waals surface area (Å²) in [6.45, 7) is 0.509. The van der Waals surface area contributed by atoms with E-state index in [-0.39, 0.29) is 24.7 Å². The standard InChI is InChI=1S/C11H12N4O3/c12-5-6-14-11(16)8-13-7-9-1-3-10(4-2-9)15(17)18/h1-4,13H,6-8H2,(H,14,16). The number of nitrogens with one attached hydrogen (secondary N) is 2. The minimum absolute atomic E-state index is 0.0158. The Morgan fingerprint density at radius 2 is 2.06 bits per heavy atom. The van der Waals surface area contributed by atoms with Crippen molar-refractivity contribution >= 4 is 11.6 Å². The topological polar surface area (TPSA) is 108 Å². The van der Waals surface area contributed by atoms with E-state index in [2.05, 4.69) is 10.6 Å². The second-order valence-electron chi connectivity index (χ2n) is 3.46. The molecule has 0 aliphatic carbocycles. The summed E-state index contributed by atoms with van der Waals surface area (Å²) < 4.78 is 0. The highest BCUT2D eigenvalue weighted by Gasteiger charge is 2.04. The van der Waals surface area contributed by atoms with Crippen LogP contribution in [0.5, 0.6) is 0 Å². The average molecular weight is 248 g/mol. The van der Waals surface area contributed by atoms with E-state index in [1.807, 2.05) is 0 Å². The van der Waals surface area contributed by atoms with E-state index in [9.17, 15) is 14.9 Å². The van der Waals surface area contributed by atoms with Crippen molar-refractivity contribution in [3.05, 3.63) is 39.9 Å². The Bertz CT molecular complexity index is 464. The van der Waals surface area contributed by atoms with Crippen molar-refractivity contribution < 1.29 is 9.72 Å². The fourth-order valence-electron chi connectivity index (χ4n) is 1.26. The van der Waals surface area contributed by atoms with Crippen LogP contribution in [0.2, 0.25) is 0 Å². The largest absolute Gasteiger partial charge is 0.342 e. The van der Waals surface area contributed by atoms with Crippen LogP contribution >= 0.6 is 0 Å². The van der Waals surface area contributed by atoms with Crippen LogP contribution in [0.3, 0.4) is 0 Å². The second-order valence-corrected chi connectivity index (χ2v) is 3.46. The highest BCUT2D eigenvalue weighted by molar-refractivity contribution is 5.78. The van der Waals surface area contributed by atoms with Crippen molar-refractivity contribution in [2.24, 2.45) is 0 Å². The molecule has 2 N–H and O–H groups in total. The molecule has 94 valence electrons. The number of carbonyl (C=O) groups excluding carboxylic acids is 1. The van der Waals surface area contributed by atoms with Crippen molar-refractivity contribution in [3.8, 4) is 6.07 Å². The lowest BCUT2D eigenvalue weighted by atomic mass is 10.2. The molecule has 1 aromatic rings. The van der Waals surface area contributed by atoms with Gasteiger partial charge in [0.15, 0.2) is 0 Å². The number of non-ortho nitro benzene ring substituents is 1. The normalized spacial score (nSPS) is 9.50. The molecule has 0 unspecified atom stereocenters. The Labute approximate surface area is 104 Å². The first-order chi connectivity index (χ1) is 8.63. The molecule has 0 fully saturated rings. The van der Waals surface area contributed by atoms with E-state index >= 15 is 0 Å². The number of nitro benzene ring substituents is 1. The molecule has 0 radical (unpaired) electrons. The summed E-state index contributed by atoms with van der Waals surface area (Å²) in [5.41, 5.74) is 0.874. The van der Waals surface area contributed by atoms with Gasteiger partial charge in [0.1, 0.15) is 6.54 Å². The molecule has 18 heavy (non-hydrogen) atoms. The molecule has 0 aliphatic rings. The number of nitrogens with zero attached hydrogens (tertiary/aromatic N) is 2. The lowest BCUT2D eigenvalue weighted by Gasteiger charge is -2.04. The lowest BCUT2D eigenvalue weighted by Crippen LogP contribution is -2.33. The van der Waals surface area contributed by atoms with Gasteiger partial charge in [0.25, 0.3) is 5.69 Å². The van der Waals surface area contributed by atoms with E-state index in [0.29, 0.717) is 6.54 Å². The minimum Gasteiger partial charge on any atom is -0.342 e. The van der Waals surface area contributed by atoms with Crippen LogP contribution in [-0.4, -0.2) is 23.9 Å². The minimum atomic E-state index is -0.466. The Kier molecular flexibility index (Phi) is 5.28. The van der Waals surface area contributed by atoms with E-state index < -0.39 is 4.92 Å². The van der Waals surface area contributed by atoms with Crippen LogP contribution in [0.1, 0.15) is 5.56 Å². The average Bonchev–Trinajstić information content (AvgIpc) is 2.37. The highest BCUT2D eigenvalue weighted by atomic mass is 16.6. The van der Waals surface area contributed by atoms with Gasteiger partial charge in [-0.3, -0.25) is 14.9 Å². The van der Waals surface area contributed by atoms with Gasteiger partial charge in [-0.05, 0) is 5.56 Å². The van der Waals surface area contributed by atoms with Gasteiger partial charge in [-0.25, -0.2) is 0 Å². The number of carbonyl (C=O) groups is 1. The third kappa shape index (κ3) is 4.59. The monoisotopic (exact) mass is 248 g/mol. The van der Waals surface area contributed by atoms with Gasteiger partial charge in [-0.15, -0.1) is 0 Å². The summed E-state index contributed by atoms with van der Waals surface area (Å²) in [6, 6.07) is 7.87. The number of amides is 1. The summed E-state index contributed by atoms with van der Waals surface area (Å²) in [5, 5.41) is 23.9. The van der Waals surface area contributed by atoms with Gasteiger partial charge >= 0.3 is 0 Å². The maximum atomic E-state index is 11.1. The van der Waals surface area contributed by atoms with Crippen LogP contribution in [0.25, 0.3) is 0 Å². The summed E-state index contributed by atoms with van der Waals surface area (Å²) in [5.74, 6) is -0.265. The van der Waals surface area contributed by atoms with Gasteiger partial charge in [0, 0.05) is 18.7 Å². The zero-order valence-electron chi connectivity index (χ0n) is 9.55. The van der Waals surface area contributed by atoms with E-state index in [1.54, 1.807) is 18.2 Å². The molecule has 0 atom stereocenters. The van der Waals surface area contributed by atoms with Crippen LogP contribution in [0.15, 0.2) is 24.3 Å². The van der Waals surface area contributed by atoms with Gasteiger partial charge in [-0.1, -0.05) is 12.1 Å². The highest BCUT2D eigenvalue weighted by Crippen LogP contribution is 2.11. The van der Waals surface area contributed by atoms with Crippen LogP contribution < -0.4 is 10.6 Å². The molecular weight excluding hydrogens is 236 g/mol. The summed E-state index contributed by atoms with van der Waals surface area (Å²) >= 11 is 0. The molecule has 0 bridgehead atoms. The molecule has 0 saturated carbocycles. The number of nitriles is 1.